The van der Waals surface area contributed by atoms with Gasteiger partial charge in [-0.05, 0) is 36.5 Å². The fraction of sp³-hybridized carbons (Fsp3) is 0.300. The molecule has 1 atom stereocenters. The van der Waals surface area contributed by atoms with E-state index >= 15 is 0 Å². The van der Waals surface area contributed by atoms with E-state index in [4.69, 9.17) is 4.42 Å². The van der Waals surface area contributed by atoms with E-state index in [0.29, 0.717) is 30.9 Å². The van der Waals surface area contributed by atoms with Crippen LogP contribution in [0.2, 0.25) is 0 Å². The Balaban J connectivity index is 1.47. The number of benzene rings is 1. The van der Waals surface area contributed by atoms with Crippen LogP contribution in [0.1, 0.15) is 40.8 Å². The molecular weight excluding hydrogens is 330 g/mol. The molecule has 0 aliphatic heterocycles. The SMILES string of the molecule is O=C(N[C@H](c1ccccc1)C1CC(O)C1)c1ccc(Cn2ccnc2)o1. The summed E-state index contributed by atoms with van der Waals surface area (Å²) in [6.07, 6.45) is 6.38. The van der Waals surface area contributed by atoms with Gasteiger partial charge in [0, 0.05) is 12.4 Å². The van der Waals surface area contributed by atoms with Gasteiger partial charge in [0.2, 0.25) is 0 Å². The zero-order valence-electron chi connectivity index (χ0n) is 14.3. The number of rotatable bonds is 6. The summed E-state index contributed by atoms with van der Waals surface area (Å²) in [5, 5.41) is 12.7. The third-order valence-corrected chi connectivity index (χ3v) is 4.85. The minimum absolute atomic E-state index is 0.130. The van der Waals surface area contributed by atoms with Crippen LogP contribution in [0.4, 0.5) is 0 Å². The maximum atomic E-state index is 12.7. The van der Waals surface area contributed by atoms with Crippen LogP contribution in [-0.4, -0.2) is 26.7 Å². The van der Waals surface area contributed by atoms with Crippen molar-refractivity contribution in [1.29, 1.82) is 0 Å². The first-order valence-corrected chi connectivity index (χ1v) is 8.77. The van der Waals surface area contributed by atoms with E-state index in [1.807, 2.05) is 41.1 Å². The normalized spacial score (nSPS) is 20.3. The Hall–Kier alpha value is -2.86. The highest BCUT2D eigenvalue weighted by Crippen LogP contribution is 2.38. The summed E-state index contributed by atoms with van der Waals surface area (Å²) in [7, 11) is 0. The fourth-order valence-corrected chi connectivity index (χ4v) is 3.39. The number of aromatic nitrogens is 2. The van der Waals surface area contributed by atoms with Crippen molar-refractivity contribution in [3.63, 3.8) is 0 Å². The first kappa shape index (κ1) is 16.6. The van der Waals surface area contributed by atoms with Gasteiger partial charge in [0.05, 0.1) is 25.0 Å². The molecule has 1 aromatic carbocycles. The van der Waals surface area contributed by atoms with E-state index in [1.54, 1.807) is 24.7 Å². The highest BCUT2D eigenvalue weighted by Gasteiger charge is 2.36. The Morgan fingerprint density at radius 3 is 2.77 bits per heavy atom. The van der Waals surface area contributed by atoms with Crippen LogP contribution in [0, 0.1) is 5.92 Å². The van der Waals surface area contributed by atoms with E-state index in [2.05, 4.69) is 10.3 Å². The summed E-state index contributed by atoms with van der Waals surface area (Å²) in [5.74, 6) is 0.984. The topological polar surface area (TPSA) is 80.3 Å². The summed E-state index contributed by atoms with van der Waals surface area (Å²) in [5.41, 5.74) is 1.04. The monoisotopic (exact) mass is 351 g/mol. The molecule has 2 aromatic heterocycles. The summed E-state index contributed by atoms with van der Waals surface area (Å²) in [4.78, 5) is 16.7. The Kier molecular flexibility index (Phi) is 4.58. The number of carbonyl (C=O) groups is 1. The van der Waals surface area contributed by atoms with Crippen LogP contribution >= 0.6 is 0 Å². The molecule has 1 amide bonds. The standard InChI is InChI=1S/C20H21N3O3/c24-16-10-15(11-16)19(14-4-2-1-3-5-14)22-20(25)18-7-6-17(26-18)12-23-9-8-21-13-23/h1-9,13,15-16,19,24H,10-12H2,(H,22,25)/t15?,16?,19-/m1/s1. The van der Waals surface area contributed by atoms with Gasteiger partial charge in [-0.3, -0.25) is 4.79 Å². The second-order valence-electron chi connectivity index (χ2n) is 6.75. The Morgan fingerprint density at radius 2 is 2.08 bits per heavy atom. The number of imidazole rings is 1. The summed E-state index contributed by atoms with van der Waals surface area (Å²) >= 11 is 0. The van der Waals surface area contributed by atoms with Crippen LogP contribution in [0.15, 0.2) is 65.6 Å². The quantitative estimate of drug-likeness (QED) is 0.716. The number of nitrogens with one attached hydrogen (secondary N) is 1. The first-order chi connectivity index (χ1) is 12.7. The van der Waals surface area contributed by atoms with E-state index < -0.39 is 0 Å². The van der Waals surface area contributed by atoms with Crippen molar-refractivity contribution in [1.82, 2.24) is 14.9 Å². The van der Waals surface area contributed by atoms with Crippen LogP contribution in [0.3, 0.4) is 0 Å². The molecule has 0 unspecified atom stereocenters. The molecule has 1 fully saturated rings. The average molecular weight is 351 g/mol. The molecule has 26 heavy (non-hydrogen) atoms. The summed E-state index contributed by atoms with van der Waals surface area (Å²) < 4.78 is 7.58. The Morgan fingerprint density at radius 1 is 1.27 bits per heavy atom. The third-order valence-electron chi connectivity index (χ3n) is 4.85. The van der Waals surface area contributed by atoms with Gasteiger partial charge in [-0.1, -0.05) is 30.3 Å². The van der Waals surface area contributed by atoms with Gasteiger partial charge in [-0.15, -0.1) is 0 Å². The molecule has 0 spiro atoms. The Labute approximate surface area is 151 Å². The number of furan rings is 1. The predicted molar refractivity (Wildman–Crippen MR) is 95.4 cm³/mol. The minimum Gasteiger partial charge on any atom is -0.454 e. The zero-order valence-corrected chi connectivity index (χ0v) is 14.3. The minimum atomic E-state index is -0.270. The van der Waals surface area contributed by atoms with Crippen LogP contribution in [0.5, 0.6) is 0 Å². The molecule has 1 aliphatic rings. The molecule has 2 heterocycles. The third kappa shape index (κ3) is 3.55. The van der Waals surface area contributed by atoms with Crippen LogP contribution in [-0.2, 0) is 6.54 Å². The smallest absolute Gasteiger partial charge is 0.287 e. The number of aliphatic hydroxyl groups is 1. The molecular formula is C20H21N3O3. The lowest BCUT2D eigenvalue weighted by Crippen LogP contribution is -2.41. The number of hydrogen-bond donors (Lipinski definition) is 2. The van der Waals surface area contributed by atoms with Gasteiger partial charge < -0.3 is 19.4 Å². The molecule has 3 aromatic rings. The lowest BCUT2D eigenvalue weighted by atomic mass is 9.75. The fourth-order valence-electron chi connectivity index (χ4n) is 3.39. The van der Waals surface area contributed by atoms with Gasteiger partial charge in [-0.2, -0.15) is 0 Å². The van der Waals surface area contributed by atoms with Gasteiger partial charge >= 0.3 is 0 Å². The predicted octanol–water partition coefficient (Wildman–Crippen LogP) is 2.77. The first-order valence-electron chi connectivity index (χ1n) is 8.77. The summed E-state index contributed by atoms with van der Waals surface area (Å²) in [6, 6.07) is 13.2. The molecule has 6 nitrogen and oxygen atoms in total. The summed E-state index contributed by atoms with van der Waals surface area (Å²) in [6.45, 7) is 0.532. The molecule has 134 valence electrons. The van der Waals surface area contributed by atoms with Crippen LogP contribution < -0.4 is 5.32 Å². The second-order valence-corrected chi connectivity index (χ2v) is 6.75. The van der Waals surface area contributed by atoms with E-state index in [1.165, 1.54) is 0 Å². The lowest BCUT2D eigenvalue weighted by Gasteiger charge is -2.38. The van der Waals surface area contributed by atoms with Crippen molar-refractivity contribution in [2.45, 2.75) is 31.5 Å². The largest absolute Gasteiger partial charge is 0.454 e. The van der Waals surface area contributed by atoms with Crippen molar-refractivity contribution in [3.05, 3.63) is 78.3 Å². The molecule has 2 N–H and O–H groups in total. The molecule has 0 bridgehead atoms. The molecule has 1 saturated carbocycles. The molecule has 6 heteroatoms. The van der Waals surface area contributed by atoms with Crippen LogP contribution in [0.25, 0.3) is 0 Å². The highest BCUT2D eigenvalue weighted by atomic mass is 16.4. The highest BCUT2D eigenvalue weighted by molar-refractivity contribution is 5.91. The van der Waals surface area contributed by atoms with Gasteiger partial charge in [0.1, 0.15) is 5.76 Å². The number of nitrogens with zero attached hydrogens (tertiary/aromatic N) is 2. The van der Waals surface area contributed by atoms with Crippen molar-refractivity contribution in [2.24, 2.45) is 5.92 Å². The number of amides is 1. The van der Waals surface area contributed by atoms with Gasteiger partial charge in [0.25, 0.3) is 5.91 Å². The van der Waals surface area contributed by atoms with Crippen molar-refractivity contribution >= 4 is 5.91 Å². The van der Waals surface area contributed by atoms with Crippen molar-refractivity contribution in [2.75, 3.05) is 0 Å². The zero-order chi connectivity index (χ0) is 17.9. The Bertz CT molecular complexity index is 852. The number of aliphatic hydroxyl groups excluding tert-OH is 1. The number of carbonyl (C=O) groups excluding carboxylic acids is 1. The molecule has 0 saturated heterocycles. The van der Waals surface area contributed by atoms with E-state index in [0.717, 1.165) is 5.56 Å². The van der Waals surface area contributed by atoms with E-state index in [-0.39, 0.29) is 24.0 Å². The molecule has 0 radical (unpaired) electrons. The van der Waals surface area contributed by atoms with Crippen molar-refractivity contribution < 1.29 is 14.3 Å². The molecule has 1 aliphatic carbocycles. The van der Waals surface area contributed by atoms with E-state index in [9.17, 15) is 9.90 Å². The lowest BCUT2D eigenvalue weighted by molar-refractivity contribution is 0.0232. The second kappa shape index (κ2) is 7.17. The number of hydrogen-bond acceptors (Lipinski definition) is 4. The van der Waals surface area contributed by atoms with Crippen molar-refractivity contribution in [3.8, 4) is 0 Å². The van der Waals surface area contributed by atoms with Gasteiger partial charge in [-0.25, -0.2) is 4.98 Å². The molecule has 4 rings (SSSR count). The van der Waals surface area contributed by atoms with Gasteiger partial charge in [0.15, 0.2) is 5.76 Å². The maximum Gasteiger partial charge on any atom is 0.287 e. The average Bonchev–Trinajstić information content (AvgIpc) is 3.30. The maximum absolute atomic E-state index is 12.7.